The van der Waals surface area contributed by atoms with Crippen molar-refractivity contribution in [2.75, 3.05) is 24.9 Å². The smallest absolute Gasteiger partial charge is 0.143 e. The van der Waals surface area contributed by atoms with Crippen LogP contribution in [0.2, 0.25) is 5.02 Å². The van der Waals surface area contributed by atoms with Crippen LogP contribution in [0, 0.1) is 6.92 Å². The first-order valence-electron chi connectivity index (χ1n) is 4.33. The van der Waals surface area contributed by atoms with E-state index in [2.05, 4.69) is 5.32 Å². The molecule has 1 aromatic rings. The second-order valence-electron chi connectivity index (χ2n) is 2.92. The molecule has 0 heterocycles. The van der Waals surface area contributed by atoms with Crippen LogP contribution in [-0.4, -0.2) is 19.5 Å². The third-order valence-electron chi connectivity index (χ3n) is 1.89. The topological polar surface area (TPSA) is 21.3 Å². The third-order valence-corrected chi connectivity index (χ3v) is 2.49. The Kier molecular flexibility index (Phi) is 4.36. The van der Waals surface area contributed by atoms with Crippen molar-refractivity contribution in [3.8, 4) is 5.75 Å². The molecule has 1 N–H and O–H groups in total. The maximum absolute atomic E-state index is 5.96. The molecule has 0 atom stereocenters. The normalized spacial score (nSPS) is 10.0. The number of methoxy groups -OCH3 is 1. The number of benzene rings is 1. The van der Waals surface area contributed by atoms with E-state index >= 15 is 0 Å². The van der Waals surface area contributed by atoms with Crippen LogP contribution in [-0.2, 0) is 0 Å². The Morgan fingerprint density at radius 2 is 2.14 bits per heavy atom. The highest BCUT2D eigenvalue weighted by molar-refractivity contribution is 6.31. The molecule has 1 rings (SSSR count). The van der Waals surface area contributed by atoms with E-state index in [1.807, 2.05) is 13.0 Å². The van der Waals surface area contributed by atoms with Crippen LogP contribution >= 0.6 is 23.2 Å². The average molecular weight is 234 g/mol. The highest BCUT2D eigenvalue weighted by Crippen LogP contribution is 2.30. The first kappa shape index (κ1) is 11.5. The number of halogens is 2. The molecule has 0 saturated heterocycles. The maximum atomic E-state index is 5.96. The van der Waals surface area contributed by atoms with Crippen molar-refractivity contribution in [2.24, 2.45) is 0 Å². The molecule has 14 heavy (non-hydrogen) atoms. The first-order valence-corrected chi connectivity index (χ1v) is 5.24. The fraction of sp³-hybridized carbons (Fsp3) is 0.400. The Morgan fingerprint density at radius 3 is 2.71 bits per heavy atom. The number of rotatable bonds is 4. The molecular weight excluding hydrogens is 221 g/mol. The SMILES string of the molecule is COc1cc(Cl)c(C)cc1NCCCl. The predicted octanol–water partition coefficient (Wildman–Crippen LogP) is 3.31. The predicted molar refractivity (Wildman–Crippen MR) is 62.0 cm³/mol. The van der Waals surface area contributed by atoms with E-state index in [1.54, 1.807) is 13.2 Å². The van der Waals surface area contributed by atoms with E-state index in [-0.39, 0.29) is 0 Å². The number of ether oxygens (including phenoxy) is 1. The summed E-state index contributed by atoms with van der Waals surface area (Å²) in [5.41, 5.74) is 1.94. The molecule has 0 fully saturated rings. The number of aryl methyl sites for hydroxylation is 1. The molecule has 0 bridgehead atoms. The van der Waals surface area contributed by atoms with Gasteiger partial charge in [0.05, 0.1) is 12.8 Å². The number of anilines is 1. The summed E-state index contributed by atoms with van der Waals surface area (Å²) in [5.74, 6) is 1.30. The average Bonchev–Trinajstić information content (AvgIpc) is 2.19. The highest BCUT2D eigenvalue weighted by Gasteiger charge is 2.05. The molecule has 78 valence electrons. The summed E-state index contributed by atoms with van der Waals surface area (Å²) in [6.07, 6.45) is 0. The maximum Gasteiger partial charge on any atom is 0.143 e. The van der Waals surface area contributed by atoms with Gasteiger partial charge in [-0.1, -0.05) is 11.6 Å². The van der Waals surface area contributed by atoms with Gasteiger partial charge >= 0.3 is 0 Å². The zero-order valence-corrected chi connectivity index (χ0v) is 9.74. The van der Waals surface area contributed by atoms with E-state index in [4.69, 9.17) is 27.9 Å². The van der Waals surface area contributed by atoms with Gasteiger partial charge in [-0.05, 0) is 18.6 Å². The minimum absolute atomic E-state index is 0.560. The molecule has 0 unspecified atom stereocenters. The van der Waals surface area contributed by atoms with Gasteiger partial charge in [0.25, 0.3) is 0 Å². The van der Waals surface area contributed by atoms with Crippen molar-refractivity contribution in [3.63, 3.8) is 0 Å². The van der Waals surface area contributed by atoms with Gasteiger partial charge in [-0.25, -0.2) is 0 Å². The van der Waals surface area contributed by atoms with Gasteiger partial charge in [-0.15, -0.1) is 11.6 Å². The third kappa shape index (κ3) is 2.69. The second-order valence-corrected chi connectivity index (χ2v) is 3.70. The van der Waals surface area contributed by atoms with Gasteiger partial charge in [0, 0.05) is 23.5 Å². The Labute approximate surface area is 94.2 Å². The van der Waals surface area contributed by atoms with E-state index in [0.717, 1.165) is 17.0 Å². The lowest BCUT2D eigenvalue weighted by atomic mass is 10.2. The fourth-order valence-corrected chi connectivity index (χ4v) is 1.40. The van der Waals surface area contributed by atoms with Gasteiger partial charge < -0.3 is 10.1 Å². The molecule has 0 spiro atoms. The van der Waals surface area contributed by atoms with Crippen LogP contribution in [0.15, 0.2) is 12.1 Å². The van der Waals surface area contributed by atoms with Crippen LogP contribution in [0.4, 0.5) is 5.69 Å². The van der Waals surface area contributed by atoms with Crippen LogP contribution in [0.25, 0.3) is 0 Å². The Balaban J connectivity index is 2.95. The van der Waals surface area contributed by atoms with E-state index in [1.165, 1.54) is 0 Å². The number of alkyl halides is 1. The van der Waals surface area contributed by atoms with Gasteiger partial charge in [-0.3, -0.25) is 0 Å². The summed E-state index contributed by atoms with van der Waals surface area (Å²) < 4.78 is 5.19. The number of hydrogen-bond acceptors (Lipinski definition) is 2. The lowest BCUT2D eigenvalue weighted by Crippen LogP contribution is -2.04. The minimum Gasteiger partial charge on any atom is -0.495 e. The van der Waals surface area contributed by atoms with Crippen LogP contribution in [0.5, 0.6) is 5.75 Å². The van der Waals surface area contributed by atoms with Gasteiger partial charge in [0.2, 0.25) is 0 Å². The first-order chi connectivity index (χ1) is 6.69. The number of hydrogen-bond donors (Lipinski definition) is 1. The zero-order valence-electron chi connectivity index (χ0n) is 8.23. The molecule has 0 aliphatic heterocycles. The Hall–Kier alpha value is -0.600. The van der Waals surface area contributed by atoms with E-state index in [9.17, 15) is 0 Å². The Bertz CT molecular complexity index is 315. The molecule has 4 heteroatoms. The minimum atomic E-state index is 0.560. The fourth-order valence-electron chi connectivity index (χ4n) is 1.15. The van der Waals surface area contributed by atoms with Crippen molar-refractivity contribution >= 4 is 28.9 Å². The molecule has 0 radical (unpaired) electrons. The standard InChI is InChI=1S/C10H13Cl2NO/c1-7-5-9(13-4-3-11)10(14-2)6-8(7)12/h5-6,13H,3-4H2,1-2H3. The lowest BCUT2D eigenvalue weighted by molar-refractivity contribution is 0.416. The van der Waals surface area contributed by atoms with Gasteiger partial charge in [0.15, 0.2) is 0 Å². The van der Waals surface area contributed by atoms with E-state index in [0.29, 0.717) is 17.4 Å². The molecule has 0 amide bonds. The summed E-state index contributed by atoms with van der Waals surface area (Å²) in [4.78, 5) is 0. The van der Waals surface area contributed by atoms with E-state index < -0.39 is 0 Å². The summed E-state index contributed by atoms with van der Waals surface area (Å²) in [6.45, 7) is 2.66. The van der Waals surface area contributed by atoms with Crippen molar-refractivity contribution < 1.29 is 4.74 Å². The van der Waals surface area contributed by atoms with Crippen LogP contribution < -0.4 is 10.1 Å². The van der Waals surface area contributed by atoms with Gasteiger partial charge in [0.1, 0.15) is 5.75 Å². The highest BCUT2D eigenvalue weighted by atomic mass is 35.5. The van der Waals surface area contributed by atoms with Crippen molar-refractivity contribution in [3.05, 3.63) is 22.7 Å². The summed E-state index contributed by atoms with van der Waals surface area (Å²) in [6, 6.07) is 3.75. The van der Waals surface area contributed by atoms with Crippen LogP contribution in [0.1, 0.15) is 5.56 Å². The van der Waals surface area contributed by atoms with Crippen molar-refractivity contribution in [1.29, 1.82) is 0 Å². The van der Waals surface area contributed by atoms with Crippen LogP contribution in [0.3, 0.4) is 0 Å². The molecule has 0 aliphatic carbocycles. The van der Waals surface area contributed by atoms with Crippen molar-refractivity contribution in [1.82, 2.24) is 0 Å². The monoisotopic (exact) mass is 233 g/mol. The lowest BCUT2D eigenvalue weighted by Gasteiger charge is -2.11. The summed E-state index contributed by atoms with van der Waals surface area (Å²) in [7, 11) is 1.62. The van der Waals surface area contributed by atoms with Gasteiger partial charge in [-0.2, -0.15) is 0 Å². The molecule has 0 aromatic heterocycles. The zero-order chi connectivity index (χ0) is 10.6. The number of nitrogens with one attached hydrogen (secondary N) is 1. The molecular formula is C10H13Cl2NO. The largest absolute Gasteiger partial charge is 0.495 e. The molecule has 1 aromatic carbocycles. The molecule has 2 nitrogen and oxygen atoms in total. The van der Waals surface area contributed by atoms with Crippen molar-refractivity contribution in [2.45, 2.75) is 6.92 Å². The molecule has 0 saturated carbocycles. The molecule has 0 aliphatic rings. The summed E-state index contributed by atoms with van der Waals surface area (Å²) in [5, 5.41) is 3.87. The second kappa shape index (κ2) is 5.32. The summed E-state index contributed by atoms with van der Waals surface area (Å²) >= 11 is 11.6. The Morgan fingerprint density at radius 1 is 1.43 bits per heavy atom. The quantitative estimate of drug-likeness (QED) is 0.807.